The number of aryl methyl sites for hydroxylation is 1. The van der Waals surface area contributed by atoms with Crippen molar-refractivity contribution in [2.45, 2.75) is 51.1 Å². The molecule has 1 atom stereocenters. The highest BCUT2D eigenvalue weighted by Crippen LogP contribution is 2.36. The van der Waals surface area contributed by atoms with Crippen molar-refractivity contribution in [1.29, 1.82) is 0 Å². The van der Waals surface area contributed by atoms with Gasteiger partial charge in [0.15, 0.2) is 5.82 Å². The summed E-state index contributed by atoms with van der Waals surface area (Å²) in [4.78, 5) is 1.51. The molecular weight excluding hydrogens is 268 g/mol. The second kappa shape index (κ2) is 4.97. The zero-order chi connectivity index (χ0) is 13.5. The van der Waals surface area contributed by atoms with Crippen LogP contribution in [0.3, 0.4) is 0 Å². The maximum Gasteiger partial charge on any atom is 0.155 e. The zero-order valence-corrected chi connectivity index (χ0v) is 12.6. The number of rotatable bonds is 2. The predicted molar refractivity (Wildman–Crippen MR) is 80.1 cm³/mol. The molecule has 5 heteroatoms. The fourth-order valence-electron chi connectivity index (χ4n) is 3.68. The second-order valence-corrected chi connectivity index (χ2v) is 6.85. The van der Waals surface area contributed by atoms with Crippen LogP contribution in [0.15, 0.2) is 11.4 Å². The first kappa shape index (κ1) is 12.5. The molecule has 1 unspecified atom stereocenters. The van der Waals surface area contributed by atoms with Crippen LogP contribution in [-0.4, -0.2) is 21.3 Å². The topological polar surface area (TPSA) is 42.7 Å². The molecule has 2 aliphatic rings. The Morgan fingerprint density at radius 2 is 2.15 bits per heavy atom. The summed E-state index contributed by atoms with van der Waals surface area (Å²) in [6.45, 7) is 3.13. The number of hydrogen-bond donors (Lipinski definition) is 1. The van der Waals surface area contributed by atoms with Gasteiger partial charge in [-0.3, -0.25) is 0 Å². The third-order valence-electron chi connectivity index (χ3n) is 4.63. The summed E-state index contributed by atoms with van der Waals surface area (Å²) in [5.41, 5.74) is 1.41. The van der Waals surface area contributed by atoms with E-state index in [9.17, 15) is 0 Å². The number of nitrogens with zero attached hydrogens (tertiary/aromatic N) is 3. The van der Waals surface area contributed by atoms with Crippen molar-refractivity contribution in [3.05, 3.63) is 33.5 Å². The van der Waals surface area contributed by atoms with E-state index >= 15 is 0 Å². The van der Waals surface area contributed by atoms with Crippen molar-refractivity contribution < 1.29 is 0 Å². The van der Waals surface area contributed by atoms with Crippen LogP contribution < -0.4 is 5.32 Å². The van der Waals surface area contributed by atoms with Crippen LogP contribution >= 0.6 is 11.3 Å². The van der Waals surface area contributed by atoms with Crippen LogP contribution in [0.1, 0.15) is 59.9 Å². The van der Waals surface area contributed by atoms with Crippen molar-refractivity contribution in [2.24, 2.45) is 0 Å². The van der Waals surface area contributed by atoms with Gasteiger partial charge in [0.2, 0.25) is 0 Å². The lowest BCUT2D eigenvalue weighted by Gasteiger charge is -2.26. The maximum atomic E-state index is 4.52. The molecule has 106 valence electrons. The van der Waals surface area contributed by atoms with E-state index in [4.69, 9.17) is 0 Å². The van der Waals surface area contributed by atoms with E-state index in [0.29, 0.717) is 6.04 Å². The van der Waals surface area contributed by atoms with Crippen molar-refractivity contribution in [3.8, 4) is 0 Å². The predicted octanol–water partition coefficient (Wildman–Crippen LogP) is 3.00. The average Bonchev–Trinajstić information content (AvgIpc) is 3.17. The summed E-state index contributed by atoms with van der Waals surface area (Å²) < 4.78 is 2.40. The molecule has 0 spiro atoms. The largest absolute Gasteiger partial charge is 0.310 e. The van der Waals surface area contributed by atoms with Crippen LogP contribution in [0.25, 0.3) is 0 Å². The molecule has 1 aliphatic carbocycles. The second-order valence-electron chi connectivity index (χ2n) is 5.85. The molecule has 4 nitrogen and oxygen atoms in total. The van der Waals surface area contributed by atoms with Gasteiger partial charge in [0, 0.05) is 17.5 Å². The van der Waals surface area contributed by atoms with Crippen molar-refractivity contribution >= 4 is 11.3 Å². The van der Waals surface area contributed by atoms with E-state index in [2.05, 4.69) is 38.5 Å². The molecule has 1 aliphatic heterocycles. The normalized spacial score (nSPS) is 23.1. The van der Waals surface area contributed by atoms with Crippen molar-refractivity contribution in [1.82, 2.24) is 20.1 Å². The van der Waals surface area contributed by atoms with Crippen LogP contribution in [0, 0.1) is 6.92 Å². The van der Waals surface area contributed by atoms with E-state index in [1.165, 1.54) is 36.1 Å². The zero-order valence-electron chi connectivity index (χ0n) is 11.8. The Morgan fingerprint density at radius 3 is 3.00 bits per heavy atom. The molecule has 1 N–H and O–H groups in total. The van der Waals surface area contributed by atoms with Gasteiger partial charge < -0.3 is 9.88 Å². The molecule has 2 aromatic rings. The Hall–Kier alpha value is -1.20. The van der Waals surface area contributed by atoms with Gasteiger partial charge >= 0.3 is 0 Å². The van der Waals surface area contributed by atoms with Gasteiger partial charge in [0.1, 0.15) is 5.82 Å². The highest BCUT2D eigenvalue weighted by molar-refractivity contribution is 7.10. The summed E-state index contributed by atoms with van der Waals surface area (Å²) in [7, 11) is 0. The first-order valence-corrected chi connectivity index (χ1v) is 8.43. The molecule has 0 aromatic carbocycles. The lowest BCUT2D eigenvalue weighted by Crippen LogP contribution is -2.32. The van der Waals surface area contributed by atoms with Crippen LogP contribution in [0.2, 0.25) is 0 Å². The summed E-state index contributed by atoms with van der Waals surface area (Å²) in [5.74, 6) is 2.19. The minimum atomic E-state index is 0.229. The van der Waals surface area contributed by atoms with Crippen molar-refractivity contribution in [3.63, 3.8) is 0 Å². The van der Waals surface area contributed by atoms with Crippen LogP contribution in [0.5, 0.6) is 0 Å². The molecule has 1 fully saturated rings. The van der Waals surface area contributed by atoms with Crippen LogP contribution in [-0.2, 0) is 6.42 Å². The lowest BCUT2D eigenvalue weighted by atomic mass is 10.0. The fraction of sp³-hybridized carbons (Fsp3) is 0.600. The molecular formula is C15H20N4S. The number of aromatic nitrogens is 3. The molecule has 0 saturated heterocycles. The van der Waals surface area contributed by atoms with E-state index in [1.807, 2.05) is 11.3 Å². The Bertz CT molecular complexity index is 609. The highest BCUT2D eigenvalue weighted by atomic mass is 32.1. The van der Waals surface area contributed by atoms with Gasteiger partial charge in [0.25, 0.3) is 0 Å². The number of nitrogens with one attached hydrogen (secondary N) is 1. The summed E-state index contributed by atoms with van der Waals surface area (Å²) in [6.07, 6.45) is 6.36. The Morgan fingerprint density at radius 1 is 1.30 bits per heavy atom. The molecule has 0 amide bonds. The van der Waals surface area contributed by atoms with Crippen molar-refractivity contribution in [2.75, 3.05) is 6.54 Å². The van der Waals surface area contributed by atoms with Gasteiger partial charge in [-0.2, -0.15) is 0 Å². The lowest BCUT2D eigenvalue weighted by molar-refractivity contribution is 0.449. The Labute approximate surface area is 123 Å². The molecule has 1 saturated carbocycles. The monoisotopic (exact) mass is 288 g/mol. The molecule has 0 radical (unpaired) electrons. The van der Waals surface area contributed by atoms with Crippen LogP contribution in [0.4, 0.5) is 0 Å². The average molecular weight is 288 g/mol. The summed E-state index contributed by atoms with van der Waals surface area (Å²) in [5, 5.41) is 14.7. The Kier molecular flexibility index (Phi) is 3.11. The number of hydrogen-bond acceptors (Lipinski definition) is 4. The first-order valence-electron chi connectivity index (χ1n) is 7.55. The fourth-order valence-corrected chi connectivity index (χ4v) is 4.60. The molecule has 4 rings (SSSR count). The molecule has 2 aromatic heterocycles. The minimum absolute atomic E-state index is 0.229. The molecule has 20 heavy (non-hydrogen) atoms. The van der Waals surface area contributed by atoms with E-state index in [-0.39, 0.29) is 6.04 Å². The third kappa shape index (κ3) is 1.91. The standard InChI is InChI=1S/C15H20N4S/c1-10-17-18-15(19(10)11-4-2-3-5-11)14-12-7-9-20-13(12)6-8-16-14/h7,9,11,14,16H,2-6,8H2,1H3. The van der Waals surface area contributed by atoms with Gasteiger partial charge in [-0.05, 0) is 43.2 Å². The SMILES string of the molecule is Cc1nnc(C2NCCc3sccc32)n1C1CCCC1. The summed E-state index contributed by atoms with van der Waals surface area (Å²) >= 11 is 1.87. The highest BCUT2D eigenvalue weighted by Gasteiger charge is 2.30. The summed E-state index contributed by atoms with van der Waals surface area (Å²) in [6, 6.07) is 3.08. The van der Waals surface area contributed by atoms with E-state index in [0.717, 1.165) is 24.6 Å². The maximum absolute atomic E-state index is 4.52. The quantitative estimate of drug-likeness (QED) is 0.924. The van der Waals surface area contributed by atoms with E-state index < -0.39 is 0 Å². The van der Waals surface area contributed by atoms with E-state index in [1.54, 1.807) is 0 Å². The van der Waals surface area contributed by atoms with Gasteiger partial charge in [-0.1, -0.05) is 12.8 Å². The number of thiophene rings is 1. The van der Waals surface area contributed by atoms with Gasteiger partial charge in [0.05, 0.1) is 6.04 Å². The Balaban J connectivity index is 1.77. The van der Waals surface area contributed by atoms with Gasteiger partial charge in [-0.15, -0.1) is 21.5 Å². The smallest absolute Gasteiger partial charge is 0.155 e. The molecule has 0 bridgehead atoms. The minimum Gasteiger partial charge on any atom is -0.310 e. The number of fused-ring (bicyclic) bond motifs is 1. The van der Waals surface area contributed by atoms with Gasteiger partial charge in [-0.25, -0.2) is 0 Å². The first-order chi connectivity index (χ1) is 9.84. The third-order valence-corrected chi connectivity index (χ3v) is 5.63. The molecule has 3 heterocycles.